The van der Waals surface area contributed by atoms with Crippen molar-refractivity contribution in [2.75, 3.05) is 12.4 Å². The molecule has 1 heterocycles. The maximum atomic E-state index is 10.7. The number of carbonyl (C=O) groups excluding carboxylic acids is 1. The molecular weight excluding hydrogens is 294 g/mol. The molecule has 8 heteroatoms. The molecule has 0 atom stereocenters. The van der Waals surface area contributed by atoms with E-state index in [1.54, 1.807) is 0 Å². The van der Waals surface area contributed by atoms with Crippen LogP contribution in [0.2, 0.25) is 0 Å². The maximum absolute atomic E-state index is 10.7. The number of aliphatic carboxylic acids is 1. The fourth-order valence-corrected chi connectivity index (χ4v) is 2.71. The number of nitrogens with zero attached hydrogens (tertiary/aromatic N) is 2. The molecule has 0 spiro atoms. The van der Waals surface area contributed by atoms with Gasteiger partial charge in [-0.3, -0.25) is 4.79 Å². The van der Waals surface area contributed by atoms with Gasteiger partial charge in [-0.2, -0.15) is 0 Å². The molecule has 1 aromatic carbocycles. The van der Waals surface area contributed by atoms with Crippen molar-refractivity contribution in [1.29, 1.82) is 0 Å². The zero-order chi connectivity index (χ0) is 15.4. The van der Waals surface area contributed by atoms with Crippen molar-refractivity contribution in [2.45, 2.75) is 18.6 Å². The van der Waals surface area contributed by atoms with Gasteiger partial charge >= 0.3 is 12.1 Å². The summed E-state index contributed by atoms with van der Waals surface area (Å²) in [5.74, 6) is -0.998. The molecule has 112 valence electrons. The zero-order valence-electron chi connectivity index (χ0n) is 11.4. The first-order chi connectivity index (χ1) is 9.99. The number of fused-ring (bicyclic) bond motifs is 1. The highest BCUT2D eigenvalue weighted by Crippen LogP contribution is 2.26. The van der Waals surface area contributed by atoms with Gasteiger partial charge in [0.2, 0.25) is 0 Å². The molecule has 7 nitrogen and oxygen atoms in total. The lowest BCUT2D eigenvalue weighted by Crippen LogP contribution is -2.17. The van der Waals surface area contributed by atoms with E-state index in [-0.39, 0.29) is 12.4 Å². The first kappa shape index (κ1) is 15.2. The number of aryl methyl sites for hydroxylation is 1. The SMILES string of the molecule is Cc1cccc2c1nc(SCC(=O)O)n2CCOC(N)=O. The summed E-state index contributed by atoms with van der Waals surface area (Å²) in [6.45, 7) is 2.41. The van der Waals surface area contributed by atoms with E-state index < -0.39 is 12.1 Å². The summed E-state index contributed by atoms with van der Waals surface area (Å²) < 4.78 is 6.57. The Bertz CT molecular complexity index is 683. The standard InChI is InChI=1S/C13H15N3O4S/c1-8-3-2-4-9-11(8)15-13(21-7-10(17)18)16(9)5-6-20-12(14)19/h2-4H,5-7H2,1H3,(H2,14,19)(H,17,18). The highest BCUT2D eigenvalue weighted by Gasteiger charge is 2.14. The van der Waals surface area contributed by atoms with Crippen LogP contribution in [0.15, 0.2) is 23.4 Å². The van der Waals surface area contributed by atoms with Crippen LogP contribution < -0.4 is 5.73 Å². The number of nitrogens with two attached hydrogens (primary N) is 1. The van der Waals surface area contributed by atoms with Gasteiger partial charge in [0.1, 0.15) is 6.61 Å². The van der Waals surface area contributed by atoms with Gasteiger partial charge in [-0.15, -0.1) is 0 Å². The van der Waals surface area contributed by atoms with Gasteiger partial charge in [-0.25, -0.2) is 9.78 Å². The Labute approximate surface area is 125 Å². The number of benzene rings is 1. The van der Waals surface area contributed by atoms with Gasteiger partial charge < -0.3 is 20.1 Å². The predicted molar refractivity (Wildman–Crippen MR) is 78.4 cm³/mol. The van der Waals surface area contributed by atoms with Crippen LogP contribution in [0, 0.1) is 6.92 Å². The first-order valence-corrected chi connectivity index (χ1v) is 7.20. The zero-order valence-corrected chi connectivity index (χ0v) is 12.2. The fourth-order valence-electron chi connectivity index (χ4n) is 1.96. The molecule has 0 saturated heterocycles. The third kappa shape index (κ3) is 3.66. The molecule has 1 aromatic heterocycles. The number of rotatable bonds is 6. The highest BCUT2D eigenvalue weighted by molar-refractivity contribution is 7.99. The summed E-state index contributed by atoms with van der Waals surface area (Å²) in [4.78, 5) is 25.8. The van der Waals surface area contributed by atoms with Crippen molar-refractivity contribution < 1.29 is 19.4 Å². The minimum Gasteiger partial charge on any atom is -0.481 e. The second kappa shape index (κ2) is 6.49. The van der Waals surface area contributed by atoms with E-state index in [1.807, 2.05) is 29.7 Å². The Kier molecular flexibility index (Phi) is 4.69. The van der Waals surface area contributed by atoms with Gasteiger partial charge in [-0.1, -0.05) is 23.9 Å². The molecule has 0 aliphatic heterocycles. The number of aromatic nitrogens is 2. The molecule has 0 aliphatic rings. The maximum Gasteiger partial charge on any atom is 0.404 e. The molecule has 21 heavy (non-hydrogen) atoms. The number of hydrogen-bond acceptors (Lipinski definition) is 5. The number of hydrogen-bond donors (Lipinski definition) is 2. The van der Waals surface area contributed by atoms with Crippen molar-refractivity contribution in [1.82, 2.24) is 9.55 Å². The van der Waals surface area contributed by atoms with Crippen LogP contribution in [0.25, 0.3) is 11.0 Å². The monoisotopic (exact) mass is 309 g/mol. The third-order valence-corrected chi connectivity index (χ3v) is 3.79. The van der Waals surface area contributed by atoms with Crippen LogP contribution in [0.3, 0.4) is 0 Å². The Hall–Kier alpha value is -2.22. The predicted octanol–water partition coefficient (Wildman–Crippen LogP) is 1.62. The van der Waals surface area contributed by atoms with Crippen LogP contribution in [-0.4, -0.2) is 39.1 Å². The number of amides is 1. The van der Waals surface area contributed by atoms with Crippen molar-refractivity contribution in [2.24, 2.45) is 5.73 Å². The normalized spacial score (nSPS) is 10.7. The van der Waals surface area contributed by atoms with Crippen molar-refractivity contribution in [3.63, 3.8) is 0 Å². The highest BCUT2D eigenvalue weighted by atomic mass is 32.2. The molecule has 0 unspecified atom stereocenters. The largest absolute Gasteiger partial charge is 0.481 e. The van der Waals surface area contributed by atoms with Crippen molar-refractivity contribution in [3.8, 4) is 0 Å². The lowest BCUT2D eigenvalue weighted by atomic mass is 10.2. The molecule has 0 fully saturated rings. The van der Waals surface area contributed by atoms with E-state index >= 15 is 0 Å². The van der Waals surface area contributed by atoms with E-state index in [2.05, 4.69) is 4.98 Å². The Balaban J connectivity index is 2.32. The molecule has 0 bridgehead atoms. The first-order valence-electron chi connectivity index (χ1n) is 6.21. The summed E-state index contributed by atoms with van der Waals surface area (Å²) in [5.41, 5.74) is 7.62. The van der Waals surface area contributed by atoms with Crippen LogP contribution >= 0.6 is 11.8 Å². The molecule has 0 radical (unpaired) electrons. The molecular formula is C13H15N3O4S. The Morgan fingerprint density at radius 1 is 1.48 bits per heavy atom. The van der Waals surface area contributed by atoms with Gasteiger partial charge in [0.25, 0.3) is 0 Å². The van der Waals surface area contributed by atoms with Crippen molar-refractivity contribution >= 4 is 34.9 Å². The Morgan fingerprint density at radius 3 is 2.90 bits per heavy atom. The van der Waals surface area contributed by atoms with Gasteiger partial charge in [0.15, 0.2) is 5.16 Å². The summed E-state index contributed by atoms with van der Waals surface area (Å²) in [6.07, 6.45) is -0.838. The average Bonchev–Trinajstić information content (AvgIpc) is 2.76. The number of carbonyl (C=O) groups is 2. The molecule has 3 N–H and O–H groups in total. The van der Waals surface area contributed by atoms with E-state index in [0.717, 1.165) is 28.4 Å². The lowest BCUT2D eigenvalue weighted by Gasteiger charge is -2.08. The summed E-state index contributed by atoms with van der Waals surface area (Å²) in [6, 6.07) is 5.73. The second-order valence-corrected chi connectivity index (χ2v) is 5.28. The molecule has 2 rings (SSSR count). The summed E-state index contributed by atoms with van der Waals surface area (Å²) in [5, 5.41) is 9.38. The van der Waals surface area contributed by atoms with E-state index in [0.29, 0.717) is 11.7 Å². The number of imidazole rings is 1. The average molecular weight is 309 g/mol. The quantitative estimate of drug-likeness (QED) is 0.785. The van der Waals surface area contributed by atoms with Gasteiger partial charge in [0.05, 0.1) is 23.3 Å². The van der Waals surface area contributed by atoms with Gasteiger partial charge in [-0.05, 0) is 18.6 Å². The number of primary amides is 1. The second-order valence-electron chi connectivity index (χ2n) is 4.34. The van der Waals surface area contributed by atoms with Gasteiger partial charge in [0, 0.05) is 0 Å². The minimum absolute atomic E-state index is 0.0843. The topological polar surface area (TPSA) is 107 Å². The Morgan fingerprint density at radius 2 is 2.24 bits per heavy atom. The number of para-hydroxylation sites is 1. The molecule has 2 aromatic rings. The van der Waals surface area contributed by atoms with Crippen molar-refractivity contribution in [3.05, 3.63) is 23.8 Å². The smallest absolute Gasteiger partial charge is 0.404 e. The minimum atomic E-state index is -0.913. The van der Waals surface area contributed by atoms with E-state index in [9.17, 15) is 9.59 Å². The fraction of sp³-hybridized carbons (Fsp3) is 0.308. The third-order valence-electron chi connectivity index (χ3n) is 2.83. The van der Waals surface area contributed by atoms with Crippen LogP contribution in [0.5, 0.6) is 0 Å². The number of thioether (sulfide) groups is 1. The number of carboxylic acids is 1. The number of ether oxygens (including phenoxy) is 1. The van der Waals surface area contributed by atoms with Crippen LogP contribution in [0.4, 0.5) is 4.79 Å². The van der Waals surface area contributed by atoms with Crippen LogP contribution in [-0.2, 0) is 16.1 Å². The van der Waals surface area contributed by atoms with E-state index in [4.69, 9.17) is 15.6 Å². The lowest BCUT2D eigenvalue weighted by molar-refractivity contribution is -0.133. The summed E-state index contributed by atoms with van der Waals surface area (Å²) >= 11 is 1.13. The molecule has 0 saturated carbocycles. The molecule has 1 amide bonds. The van der Waals surface area contributed by atoms with E-state index in [1.165, 1.54) is 0 Å². The summed E-state index contributed by atoms with van der Waals surface area (Å²) in [7, 11) is 0. The number of carboxylic acid groups (broad SMARTS) is 1. The molecule has 0 aliphatic carbocycles. The van der Waals surface area contributed by atoms with Crippen LogP contribution in [0.1, 0.15) is 5.56 Å².